The van der Waals surface area contributed by atoms with Crippen molar-refractivity contribution < 1.29 is 4.92 Å². The van der Waals surface area contributed by atoms with Crippen molar-refractivity contribution in [3.8, 4) is 0 Å². The van der Waals surface area contributed by atoms with Crippen LogP contribution in [0.5, 0.6) is 0 Å². The van der Waals surface area contributed by atoms with Crippen LogP contribution < -0.4 is 5.32 Å². The van der Waals surface area contributed by atoms with E-state index < -0.39 is 0 Å². The molecule has 0 spiro atoms. The number of nitro groups is 1. The second-order valence-corrected chi connectivity index (χ2v) is 3.97. The number of aromatic nitrogens is 2. The van der Waals surface area contributed by atoms with Gasteiger partial charge in [-0.05, 0) is 24.6 Å². The average Bonchev–Trinajstić information content (AvgIpc) is 2.82. The van der Waals surface area contributed by atoms with E-state index in [0.717, 1.165) is 5.56 Å². The highest BCUT2D eigenvalue weighted by Gasteiger charge is 2.12. The van der Waals surface area contributed by atoms with E-state index in [2.05, 4.69) is 10.4 Å². The molecule has 18 heavy (non-hydrogen) atoms. The van der Waals surface area contributed by atoms with Gasteiger partial charge in [0.1, 0.15) is 5.69 Å². The molecule has 94 valence electrons. The van der Waals surface area contributed by atoms with Crippen LogP contribution in [0.2, 0.25) is 0 Å². The number of benzene rings is 1. The molecule has 0 saturated carbocycles. The van der Waals surface area contributed by atoms with E-state index in [4.69, 9.17) is 0 Å². The summed E-state index contributed by atoms with van der Waals surface area (Å²) in [5, 5.41) is 18.0. The third-order valence-corrected chi connectivity index (χ3v) is 2.56. The molecule has 1 aromatic heterocycles. The lowest BCUT2D eigenvalue weighted by Crippen LogP contribution is -2.11. The maximum Gasteiger partial charge on any atom is 0.292 e. The first-order chi connectivity index (χ1) is 8.66. The van der Waals surface area contributed by atoms with E-state index in [-0.39, 0.29) is 10.6 Å². The summed E-state index contributed by atoms with van der Waals surface area (Å²) in [6, 6.07) is 6.87. The van der Waals surface area contributed by atoms with E-state index >= 15 is 0 Å². The van der Waals surface area contributed by atoms with Gasteiger partial charge in [0.15, 0.2) is 0 Å². The Bertz CT molecular complexity index is 537. The minimum Gasteiger partial charge on any atom is -0.378 e. The van der Waals surface area contributed by atoms with Gasteiger partial charge in [-0.2, -0.15) is 5.10 Å². The molecule has 1 heterocycles. The zero-order valence-electron chi connectivity index (χ0n) is 10.0. The molecule has 0 atom stereocenters. The molecule has 0 aliphatic carbocycles. The molecule has 1 N–H and O–H groups in total. The number of nitro benzene ring substituents is 1. The molecular weight excluding hydrogens is 232 g/mol. The summed E-state index contributed by atoms with van der Waals surface area (Å²) in [5.74, 6) is 0. The van der Waals surface area contributed by atoms with Crippen molar-refractivity contribution in [2.75, 3.05) is 11.9 Å². The fourth-order valence-corrected chi connectivity index (χ4v) is 1.69. The number of rotatable bonds is 5. The molecule has 0 bridgehead atoms. The molecule has 1 aromatic carbocycles. The van der Waals surface area contributed by atoms with Gasteiger partial charge in [-0.3, -0.25) is 14.8 Å². The Kier molecular flexibility index (Phi) is 3.57. The number of hydrogen-bond donors (Lipinski definition) is 1. The predicted molar refractivity (Wildman–Crippen MR) is 68.6 cm³/mol. The number of nitrogens with zero attached hydrogens (tertiary/aromatic N) is 3. The molecule has 0 aliphatic rings. The highest BCUT2D eigenvalue weighted by Crippen LogP contribution is 2.24. The molecule has 6 nitrogen and oxygen atoms in total. The van der Waals surface area contributed by atoms with Crippen molar-refractivity contribution in [1.29, 1.82) is 0 Å². The predicted octanol–water partition coefficient (Wildman–Crippen LogP) is 2.21. The van der Waals surface area contributed by atoms with E-state index in [1.54, 1.807) is 23.0 Å². The lowest BCUT2D eigenvalue weighted by molar-refractivity contribution is -0.384. The van der Waals surface area contributed by atoms with Gasteiger partial charge >= 0.3 is 0 Å². The molecule has 6 heteroatoms. The van der Waals surface area contributed by atoms with Crippen LogP contribution in [0.15, 0.2) is 36.7 Å². The quantitative estimate of drug-likeness (QED) is 0.648. The van der Waals surface area contributed by atoms with Gasteiger partial charge in [-0.15, -0.1) is 0 Å². The molecule has 0 unspecified atom stereocenters. The normalized spacial score (nSPS) is 10.3. The van der Waals surface area contributed by atoms with Gasteiger partial charge in [0.25, 0.3) is 5.69 Å². The Balaban J connectivity index is 2.03. The number of hydrogen-bond acceptors (Lipinski definition) is 4. The Morgan fingerprint density at radius 2 is 2.33 bits per heavy atom. The summed E-state index contributed by atoms with van der Waals surface area (Å²) in [7, 11) is 0. The Labute approximate surface area is 104 Å². The highest BCUT2D eigenvalue weighted by molar-refractivity contribution is 5.62. The van der Waals surface area contributed by atoms with Crippen molar-refractivity contribution in [2.45, 2.75) is 13.5 Å². The molecular formula is C12H14N4O2. The third-order valence-electron chi connectivity index (χ3n) is 2.56. The topological polar surface area (TPSA) is 73.0 Å². The smallest absolute Gasteiger partial charge is 0.292 e. The summed E-state index contributed by atoms with van der Waals surface area (Å²) in [6.45, 7) is 3.16. The van der Waals surface area contributed by atoms with Crippen LogP contribution in [0.25, 0.3) is 0 Å². The molecule has 0 radical (unpaired) electrons. The van der Waals surface area contributed by atoms with Gasteiger partial charge in [0.05, 0.1) is 11.5 Å². The second-order valence-electron chi connectivity index (χ2n) is 3.97. The molecule has 0 saturated heterocycles. The van der Waals surface area contributed by atoms with E-state index in [0.29, 0.717) is 18.8 Å². The molecule has 0 aliphatic heterocycles. The van der Waals surface area contributed by atoms with Crippen LogP contribution in [0.4, 0.5) is 11.4 Å². The number of nitrogens with one attached hydrogen (secondary N) is 1. The van der Waals surface area contributed by atoms with E-state index in [9.17, 15) is 10.1 Å². The standard InChI is InChI=1S/C12H14N4O2/c1-10-3-4-12(16(17)18)11(9-10)13-6-8-15-7-2-5-14-15/h2-5,7,9,13H,6,8H2,1H3. The summed E-state index contributed by atoms with van der Waals surface area (Å²) in [5.41, 5.74) is 1.63. The minimum atomic E-state index is -0.379. The summed E-state index contributed by atoms with van der Waals surface area (Å²) in [4.78, 5) is 10.5. The van der Waals surface area contributed by atoms with Crippen molar-refractivity contribution in [3.05, 3.63) is 52.3 Å². The van der Waals surface area contributed by atoms with Crippen molar-refractivity contribution in [3.63, 3.8) is 0 Å². The van der Waals surface area contributed by atoms with Gasteiger partial charge in [-0.25, -0.2) is 0 Å². The highest BCUT2D eigenvalue weighted by atomic mass is 16.6. The van der Waals surface area contributed by atoms with Crippen molar-refractivity contribution in [1.82, 2.24) is 9.78 Å². The molecule has 0 amide bonds. The van der Waals surface area contributed by atoms with Crippen LogP contribution >= 0.6 is 0 Å². The van der Waals surface area contributed by atoms with Gasteiger partial charge in [0, 0.05) is 25.0 Å². The number of aryl methyl sites for hydroxylation is 1. The van der Waals surface area contributed by atoms with Crippen LogP contribution in [0.1, 0.15) is 5.56 Å². The molecule has 0 fully saturated rings. The van der Waals surface area contributed by atoms with Gasteiger partial charge < -0.3 is 5.32 Å². The van der Waals surface area contributed by atoms with Crippen LogP contribution in [0.3, 0.4) is 0 Å². The zero-order valence-corrected chi connectivity index (χ0v) is 10.0. The average molecular weight is 246 g/mol. The second kappa shape index (κ2) is 5.31. The minimum absolute atomic E-state index is 0.0982. The van der Waals surface area contributed by atoms with E-state index in [1.807, 2.05) is 19.2 Å². The third kappa shape index (κ3) is 2.85. The fraction of sp³-hybridized carbons (Fsp3) is 0.250. The summed E-state index contributed by atoms with van der Waals surface area (Å²) < 4.78 is 1.77. The Morgan fingerprint density at radius 3 is 3.00 bits per heavy atom. The van der Waals surface area contributed by atoms with Gasteiger partial charge in [0.2, 0.25) is 0 Å². The molecule has 2 aromatic rings. The maximum absolute atomic E-state index is 10.9. The van der Waals surface area contributed by atoms with Gasteiger partial charge in [-0.1, -0.05) is 6.07 Å². The zero-order chi connectivity index (χ0) is 13.0. The SMILES string of the molecule is Cc1ccc([N+](=O)[O-])c(NCCn2cccn2)c1. The first-order valence-electron chi connectivity index (χ1n) is 5.63. The first-order valence-corrected chi connectivity index (χ1v) is 5.63. The maximum atomic E-state index is 10.9. The lowest BCUT2D eigenvalue weighted by Gasteiger charge is -2.08. The van der Waals surface area contributed by atoms with Crippen LogP contribution in [-0.2, 0) is 6.54 Å². The van der Waals surface area contributed by atoms with Crippen LogP contribution in [0, 0.1) is 17.0 Å². The largest absolute Gasteiger partial charge is 0.378 e. The monoisotopic (exact) mass is 246 g/mol. The van der Waals surface area contributed by atoms with Crippen molar-refractivity contribution >= 4 is 11.4 Å². The number of anilines is 1. The lowest BCUT2D eigenvalue weighted by atomic mass is 10.2. The van der Waals surface area contributed by atoms with Crippen LogP contribution in [-0.4, -0.2) is 21.2 Å². The Morgan fingerprint density at radius 1 is 1.50 bits per heavy atom. The van der Waals surface area contributed by atoms with Crippen molar-refractivity contribution in [2.24, 2.45) is 0 Å². The Hall–Kier alpha value is -2.37. The fourth-order valence-electron chi connectivity index (χ4n) is 1.69. The van der Waals surface area contributed by atoms with E-state index in [1.165, 1.54) is 6.07 Å². The first kappa shape index (κ1) is 12.1. The summed E-state index contributed by atoms with van der Waals surface area (Å²) in [6.07, 6.45) is 3.56. The summed E-state index contributed by atoms with van der Waals surface area (Å²) >= 11 is 0. The molecule has 2 rings (SSSR count).